The lowest BCUT2D eigenvalue weighted by atomic mass is 10.2. The van der Waals surface area contributed by atoms with Crippen molar-refractivity contribution in [2.24, 2.45) is 0 Å². The minimum atomic E-state index is -0.827. The number of hydrogen-bond acceptors (Lipinski definition) is 10. The molecule has 0 radical (unpaired) electrons. The molecule has 0 aliphatic rings. The van der Waals surface area contributed by atoms with Crippen LogP contribution in [0.5, 0.6) is 34.5 Å². The summed E-state index contributed by atoms with van der Waals surface area (Å²) in [4.78, 5) is 54.2. The predicted octanol–water partition coefficient (Wildman–Crippen LogP) is 6.05. The zero-order valence-electron chi connectivity index (χ0n) is 25.5. The molecule has 0 heterocycles. The van der Waals surface area contributed by atoms with Gasteiger partial charge in [-0.1, -0.05) is 36.4 Å². The van der Waals surface area contributed by atoms with Gasteiger partial charge in [-0.3, -0.25) is 24.0 Å². The molecule has 4 aromatic rings. The minimum Gasteiger partial charge on any atom is -0.506 e. The quantitative estimate of drug-likeness (QED) is 0.0457. The van der Waals surface area contributed by atoms with Crippen LogP contribution in [0, 0.1) is 0 Å². The van der Waals surface area contributed by atoms with Gasteiger partial charge in [0.1, 0.15) is 34.5 Å². The van der Waals surface area contributed by atoms with Gasteiger partial charge in [0.2, 0.25) is 12.6 Å². The van der Waals surface area contributed by atoms with Crippen molar-refractivity contribution in [3.8, 4) is 34.5 Å². The van der Waals surface area contributed by atoms with Gasteiger partial charge in [-0.25, -0.2) is 0 Å². The third-order valence-corrected chi connectivity index (χ3v) is 6.12. The molecule has 0 aliphatic heterocycles. The van der Waals surface area contributed by atoms with Crippen molar-refractivity contribution in [1.29, 1.82) is 0 Å². The number of aromatic hydroxyl groups is 1. The first-order valence-electron chi connectivity index (χ1n) is 14.5. The van der Waals surface area contributed by atoms with Crippen molar-refractivity contribution >= 4 is 41.7 Å². The first-order valence-corrected chi connectivity index (χ1v) is 14.5. The normalized spacial score (nSPS) is 9.89. The summed E-state index contributed by atoms with van der Waals surface area (Å²) in [6.07, 6.45) is 2.94. The Morgan fingerprint density at radius 3 is 1.72 bits per heavy atom. The zero-order valence-corrected chi connectivity index (χ0v) is 25.5. The van der Waals surface area contributed by atoms with Crippen LogP contribution in [-0.2, 0) is 28.7 Å². The Morgan fingerprint density at radius 2 is 1.19 bits per heavy atom. The lowest BCUT2D eigenvalue weighted by Gasteiger charge is -2.14. The van der Waals surface area contributed by atoms with E-state index in [1.807, 2.05) is 48.5 Å². The van der Waals surface area contributed by atoms with Crippen LogP contribution in [-0.4, -0.2) is 49.2 Å². The molecule has 0 fully saturated rings. The number of unbranched alkanes of at least 4 members (excludes halogenated alkanes) is 2. The Kier molecular flexibility index (Phi) is 14.5. The summed E-state index contributed by atoms with van der Waals surface area (Å²) in [6, 6.07) is 27.7. The van der Waals surface area contributed by atoms with E-state index in [1.165, 1.54) is 19.2 Å². The number of carbonyl (C=O) groups is 5. The number of methoxy groups -OCH3 is 1. The second kappa shape index (κ2) is 19.3. The molecule has 0 atom stereocenters. The highest BCUT2D eigenvalue weighted by molar-refractivity contribution is 6.30. The molecule has 4 aromatic carbocycles. The first-order chi connectivity index (χ1) is 22.8. The summed E-state index contributed by atoms with van der Waals surface area (Å²) in [5, 5.41) is 14.4. The molecule has 244 valence electrons. The molecule has 0 unspecified atom stereocenters. The second-order valence-corrected chi connectivity index (χ2v) is 9.62. The Balaban J connectivity index is 0.000000274. The van der Waals surface area contributed by atoms with E-state index in [9.17, 15) is 29.1 Å². The Labute approximate surface area is 271 Å². The van der Waals surface area contributed by atoms with Gasteiger partial charge in [-0.15, -0.1) is 0 Å². The number of nitrogens with one attached hydrogen (secondary N) is 2. The van der Waals surface area contributed by atoms with Crippen LogP contribution in [0.3, 0.4) is 0 Å². The van der Waals surface area contributed by atoms with Crippen molar-refractivity contribution in [3.63, 3.8) is 0 Å². The first kappa shape index (κ1) is 35.3. The van der Waals surface area contributed by atoms with Crippen LogP contribution in [0.25, 0.3) is 0 Å². The Bertz CT molecular complexity index is 1630. The molecular weight excluding hydrogens is 608 g/mol. The summed E-state index contributed by atoms with van der Waals surface area (Å²) >= 11 is 0. The summed E-state index contributed by atoms with van der Waals surface area (Å²) in [5.41, 5.74) is 0.532. The van der Waals surface area contributed by atoms with Crippen molar-refractivity contribution in [2.45, 2.75) is 25.7 Å². The van der Waals surface area contributed by atoms with Gasteiger partial charge in [0.05, 0.1) is 25.1 Å². The molecule has 2 amide bonds. The van der Waals surface area contributed by atoms with Gasteiger partial charge in [0.15, 0.2) is 0 Å². The van der Waals surface area contributed by atoms with E-state index < -0.39 is 11.8 Å². The smallest absolute Gasteiger partial charge is 0.305 e. The summed E-state index contributed by atoms with van der Waals surface area (Å²) in [7, 11) is 1.37. The summed E-state index contributed by atoms with van der Waals surface area (Å²) in [5.74, 6) is 0.661. The molecule has 3 N–H and O–H groups in total. The van der Waals surface area contributed by atoms with Gasteiger partial charge in [0.25, 0.3) is 11.8 Å². The van der Waals surface area contributed by atoms with E-state index in [-0.39, 0.29) is 30.0 Å². The maximum absolute atomic E-state index is 11.4. The number of esters is 1. The van der Waals surface area contributed by atoms with E-state index in [1.54, 1.807) is 36.4 Å². The number of phenolic OH excluding ortho intramolecular Hbond substituents is 1. The molecule has 0 bridgehead atoms. The highest BCUT2D eigenvalue weighted by Gasteiger charge is 2.11. The number of hydrogen-bond donors (Lipinski definition) is 3. The standard InChI is InChI=1S/C21H23NO6.C14H11NO4/c1-26-21(25)10-6-3-7-13-27-19-14-17(28-16-8-4-2-5-9-16)11-12-18(19)22-20(24)15-23;16-9-14(18)15-12-7-6-11(8-13(12)17)19-10-4-2-1-3-5-10/h2,4-5,8-9,11-12,14-15H,3,6-7,10,13H2,1H3,(H,22,24);1-9,17H,(H,15,18). The van der Waals surface area contributed by atoms with E-state index in [2.05, 4.69) is 15.4 Å². The van der Waals surface area contributed by atoms with Crippen LogP contribution < -0.4 is 24.8 Å². The molecule has 0 saturated carbocycles. The van der Waals surface area contributed by atoms with E-state index in [4.69, 9.17) is 14.2 Å². The number of ether oxygens (including phenoxy) is 4. The number of benzene rings is 4. The number of rotatable bonds is 15. The zero-order chi connectivity index (χ0) is 33.9. The average Bonchev–Trinajstić information content (AvgIpc) is 3.09. The molecular formula is C35H34N2O10. The summed E-state index contributed by atoms with van der Waals surface area (Å²) < 4.78 is 21.6. The van der Waals surface area contributed by atoms with E-state index in [0.29, 0.717) is 53.9 Å². The fourth-order valence-corrected chi connectivity index (χ4v) is 3.88. The van der Waals surface area contributed by atoms with Crippen molar-refractivity contribution in [2.75, 3.05) is 24.4 Å². The van der Waals surface area contributed by atoms with Gasteiger partial charge >= 0.3 is 5.97 Å². The molecule has 4 rings (SSSR count). The maximum atomic E-state index is 11.4. The predicted molar refractivity (Wildman–Crippen MR) is 173 cm³/mol. The fourth-order valence-electron chi connectivity index (χ4n) is 3.88. The van der Waals surface area contributed by atoms with E-state index >= 15 is 0 Å². The molecule has 0 aromatic heterocycles. The number of anilines is 2. The molecule has 0 aliphatic carbocycles. The lowest BCUT2D eigenvalue weighted by molar-refractivity contribution is -0.140. The van der Waals surface area contributed by atoms with Crippen molar-refractivity contribution in [1.82, 2.24) is 0 Å². The number of phenols is 1. The highest BCUT2D eigenvalue weighted by atomic mass is 16.5. The number of carbonyl (C=O) groups excluding carboxylic acids is 5. The molecule has 12 nitrogen and oxygen atoms in total. The van der Waals surface area contributed by atoms with Crippen LogP contribution in [0.1, 0.15) is 25.7 Å². The van der Waals surface area contributed by atoms with Gasteiger partial charge in [0, 0.05) is 18.6 Å². The maximum Gasteiger partial charge on any atom is 0.305 e. The lowest BCUT2D eigenvalue weighted by Crippen LogP contribution is -2.13. The third-order valence-electron chi connectivity index (χ3n) is 6.12. The molecule has 12 heteroatoms. The van der Waals surface area contributed by atoms with Gasteiger partial charge in [-0.2, -0.15) is 0 Å². The number of amides is 2. The highest BCUT2D eigenvalue weighted by Crippen LogP contribution is 2.33. The SMILES string of the molecule is COC(=O)CCCCCOc1cc(Oc2ccccc2)ccc1NC(=O)C=O.O=CC(=O)Nc1ccc(Oc2ccccc2)cc1O. The largest absolute Gasteiger partial charge is 0.506 e. The second-order valence-electron chi connectivity index (χ2n) is 9.62. The monoisotopic (exact) mass is 642 g/mol. The minimum absolute atomic E-state index is 0.133. The number of para-hydroxylation sites is 2. The third kappa shape index (κ3) is 12.8. The van der Waals surface area contributed by atoms with Crippen LogP contribution >= 0.6 is 0 Å². The van der Waals surface area contributed by atoms with Crippen LogP contribution in [0.15, 0.2) is 97.1 Å². The van der Waals surface area contributed by atoms with Crippen molar-refractivity contribution in [3.05, 3.63) is 97.1 Å². The summed E-state index contributed by atoms with van der Waals surface area (Å²) in [6.45, 7) is 0.389. The van der Waals surface area contributed by atoms with Crippen LogP contribution in [0.2, 0.25) is 0 Å². The van der Waals surface area contributed by atoms with Gasteiger partial charge < -0.3 is 34.7 Å². The fraction of sp³-hybridized carbons (Fsp3) is 0.171. The molecule has 47 heavy (non-hydrogen) atoms. The average molecular weight is 643 g/mol. The Hall–Kier alpha value is -6.17. The molecule has 0 saturated heterocycles. The van der Waals surface area contributed by atoms with Crippen molar-refractivity contribution < 1.29 is 48.0 Å². The van der Waals surface area contributed by atoms with Crippen LogP contribution in [0.4, 0.5) is 11.4 Å². The van der Waals surface area contributed by atoms with E-state index in [0.717, 1.165) is 12.8 Å². The topological polar surface area (TPSA) is 167 Å². The number of aldehydes is 2. The Morgan fingerprint density at radius 1 is 0.660 bits per heavy atom. The molecule has 0 spiro atoms. The van der Waals surface area contributed by atoms with Gasteiger partial charge in [-0.05, 0) is 67.8 Å².